The molecule has 6 heteroatoms. The van der Waals surface area contributed by atoms with Crippen LogP contribution in [0.15, 0.2) is 4.79 Å². The van der Waals surface area contributed by atoms with E-state index in [1.54, 1.807) is 0 Å². The van der Waals surface area contributed by atoms with Gasteiger partial charge in [-0.3, -0.25) is 4.98 Å². The summed E-state index contributed by atoms with van der Waals surface area (Å²) in [7, 11) is 0. The van der Waals surface area contributed by atoms with E-state index in [0.29, 0.717) is 13.2 Å². The molecule has 192 valence electrons. The van der Waals surface area contributed by atoms with E-state index in [4.69, 9.17) is 9.47 Å². The third-order valence-corrected chi connectivity index (χ3v) is 6.07. The van der Waals surface area contributed by atoms with Crippen molar-refractivity contribution >= 4 is 0 Å². The molecule has 33 heavy (non-hydrogen) atoms. The Hall–Kier alpha value is -1.59. The molecular formula is C27H51N3O3. The number of aromatic nitrogens is 3. The largest absolute Gasteiger partial charge is 0.465 e. The maximum atomic E-state index is 11.7. The Morgan fingerprint density at radius 3 is 1.39 bits per heavy atom. The summed E-state index contributed by atoms with van der Waals surface area (Å²) in [6.45, 7) is 5.61. The molecule has 0 aliphatic carbocycles. The third kappa shape index (κ3) is 18.5. The molecule has 0 aliphatic rings. The fourth-order valence-electron chi connectivity index (χ4n) is 3.99. The van der Waals surface area contributed by atoms with Gasteiger partial charge in [-0.05, 0) is 12.8 Å². The number of rotatable bonds is 24. The standard InChI is InChI=1S/C27H51N3O3/c1-3-5-7-9-11-13-15-17-19-21-23-32-26-28-25(31)29-27(30-26)33-24-22-20-18-16-14-12-10-8-6-4-2/h3-24H2,1-2H3,(H,28,29,30,31). The van der Waals surface area contributed by atoms with Gasteiger partial charge in [0, 0.05) is 0 Å². The second-order valence-electron chi connectivity index (χ2n) is 9.30. The molecule has 1 N–H and O–H groups in total. The number of unbranched alkanes of at least 4 members (excludes halogenated alkanes) is 18. The lowest BCUT2D eigenvalue weighted by Gasteiger charge is -2.07. The predicted octanol–water partition coefficient (Wildman–Crippen LogP) is 7.76. The monoisotopic (exact) mass is 465 g/mol. The SMILES string of the molecule is CCCCCCCCCCCCOc1nc(OCCCCCCCCCCCC)[nH]c(=O)n1. The van der Waals surface area contributed by atoms with E-state index < -0.39 is 5.69 Å². The zero-order chi connectivity index (χ0) is 23.8. The van der Waals surface area contributed by atoms with E-state index >= 15 is 0 Å². The summed E-state index contributed by atoms with van der Waals surface area (Å²) in [5, 5.41) is 0. The molecule has 0 saturated heterocycles. The smallest absolute Gasteiger partial charge is 0.353 e. The Balaban J connectivity index is 2.03. The Labute approximate surface area is 202 Å². The Kier molecular flexibility index (Phi) is 19.8. The van der Waals surface area contributed by atoms with Crippen molar-refractivity contribution in [3.05, 3.63) is 10.5 Å². The minimum atomic E-state index is -0.471. The van der Waals surface area contributed by atoms with Gasteiger partial charge in [-0.2, -0.15) is 0 Å². The van der Waals surface area contributed by atoms with Crippen molar-refractivity contribution in [2.45, 2.75) is 142 Å². The Morgan fingerprint density at radius 2 is 0.939 bits per heavy atom. The molecule has 0 atom stereocenters. The molecule has 0 unspecified atom stereocenters. The number of ether oxygens (including phenoxy) is 2. The quantitative estimate of drug-likeness (QED) is 0.158. The Bertz CT molecular complexity index is 559. The van der Waals surface area contributed by atoms with E-state index in [0.717, 1.165) is 25.7 Å². The van der Waals surface area contributed by atoms with Gasteiger partial charge in [0.05, 0.1) is 13.2 Å². The fraction of sp³-hybridized carbons (Fsp3) is 0.889. The molecule has 0 amide bonds. The summed E-state index contributed by atoms with van der Waals surface area (Å²) >= 11 is 0. The number of hydrogen-bond donors (Lipinski definition) is 1. The third-order valence-electron chi connectivity index (χ3n) is 6.07. The van der Waals surface area contributed by atoms with Gasteiger partial charge in [-0.15, -0.1) is 9.97 Å². The van der Waals surface area contributed by atoms with Crippen LogP contribution in [-0.4, -0.2) is 28.2 Å². The average Bonchev–Trinajstić information content (AvgIpc) is 2.80. The average molecular weight is 466 g/mol. The van der Waals surface area contributed by atoms with Crippen molar-refractivity contribution in [1.29, 1.82) is 0 Å². The van der Waals surface area contributed by atoms with Crippen molar-refractivity contribution in [2.24, 2.45) is 0 Å². The highest BCUT2D eigenvalue weighted by Crippen LogP contribution is 2.12. The van der Waals surface area contributed by atoms with E-state index in [1.807, 2.05) is 0 Å². The first-order valence-corrected chi connectivity index (χ1v) is 14.0. The highest BCUT2D eigenvalue weighted by molar-refractivity contribution is 4.99. The minimum absolute atomic E-state index is 0.118. The molecule has 0 spiro atoms. The molecule has 6 nitrogen and oxygen atoms in total. The van der Waals surface area contributed by atoms with Crippen LogP contribution in [0.2, 0.25) is 0 Å². The van der Waals surface area contributed by atoms with Gasteiger partial charge < -0.3 is 9.47 Å². The van der Waals surface area contributed by atoms with E-state index in [2.05, 4.69) is 28.8 Å². The zero-order valence-corrected chi connectivity index (χ0v) is 21.7. The van der Waals surface area contributed by atoms with Crippen LogP contribution in [0.25, 0.3) is 0 Å². The molecule has 1 rings (SSSR count). The van der Waals surface area contributed by atoms with Gasteiger partial charge in [0.15, 0.2) is 0 Å². The second kappa shape index (κ2) is 22.2. The summed E-state index contributed by atoms with van der Waals surface area (Å²) in [4.78, 5) is 22.3. The van der Waals surface area contributed by atoms with Gasteiger partial charge in [0.25, 0.3) is 0 Å². The van der Waals surface area contributed by atoms with Gasteiger partial charge in [-0.25, -0.2) is 4.79 Å². The second-order valence-corrected chi connectivity index (χ2v) is 9.30. The van der Waals surface area contributed by atoms with E-state index in [-0.39, 0.29) is 12.0 Å². The molecule has 0 bridgehead atoms. The number of nitrogens with one attached hydrogen (secondary N) is 1. The van der Waals surface area contributed by atoms with Crippen LogP contribution in [0.1, 0.15) is 142 Å². The van der Waals surface area contributed by atoms with Gasteiger partial charge in [0.1, 0.15) is 0 Å². The summed E-state index contributed by atoms with van der Waals surface area (Å²) in [5.41, 5.74) is -0.471. The Morgan fingerprint density at radius 1 is 0.545 bits per heavy atom. The summed E-state index contributed by atoms with van der Waals surface area (Å²) < 4.78 is 11.2. The summed E-state index contributed by atoms with van der Waals surface area (Å²) in [6, 6.07) is 0.330. The van der Waals surface area contributed by atoms with Crippen LogP contribution < -0.4 is 15.2 Å². The lowest BCUT2D eigenvalue weighted by Crippen LogP contribution is -2.16. The predicted molar refractivity (Wildman–Crippen MR) is 137 cm³/mol. The van der Waals surface area contributed by atoms with Crippen molar-refractivity contribution in [2.75, 3.05) is 13.2 Å². The highest BCUT2D eigenvalue weighted by atomic mass is 16.5. The molecule has 0 aliphatic heterocycles. The maximum Gasteiger partial charge on any atom is 0.353 e. The first-order valence-electron chi connectivity index (χ1n) is 14.0. The number of nitrogens with zero attached hydrogens (tertiary/aromatic N) is 2. The fourth-order valence-corrected chi connectivity index (χ4v) is 3.99. The normalized spacial score (nSPS) is 11.1. The van der Waals surface area contributed by atoms with Gasteiger partial charge >= 0.3 is 17.7 Å². The highest BCUT2D eigenvalue weighted by Gasteiger charge is 2.05. The molecule has 0 aromatic carbocycles. The van der Waals surface area contributed by atoms with Crippen LogP contribution in [-0.2, 0) is 0 Å². The van der Waals surface area contributed by atoms with Crippen LogP contribution >= 0.6 is 0 Å². The topological polar surface area (TPSA) is 77.1 Å². The first kappa shape index (κ1) is 29.4. The number of aromatic amines is 1. The summed E-state index contributed by atoms with van der Waals surface area (Å²) in [6.07, 6.45) is 25.6. The molecule has 1 aromatic heterocycles. The van der Waals surface area contributed by atoms with Crippen LogP contribution in [0.5, 0.6) is 12.0 Å². The maximum absolute atomic E-state index is 11.7. The van der Waals surface area contributed by atoms with Crippen molar-refractivity contribution in [3.8, 4) is 12.0 Å². The van der Waals surface area contributed by atoms with Gasteiger partial charge in [0.2, 0.25) is 0 Å². The van der Waals surface area contributed by atoms with Crippen LogP contribution in [0, 0.1) is 0 Å². The minimum Gasteiger partial charge on any atom is -0.465 e. The molecule has 1 aromatic rings. The summed E-state index contributed by atoms with van der Waals surface area (Å²) in [5.74, 6) is 0. The van der Waals surface area contributed by atoms with E-state index in [1.165, 1.54) is 103 Å². The van der Waals surface area contributed by atoms with Crippen molar-refractivity contribution in [3.63, 3.8) is 0 Å². The van der Waals surface area contributed by atoms with Crippen LogP contribution in [0.3, 0.4) is 0 Å². The van der Waals surface area contributed by atoms with Crippen molar-refractivity contribution in [1.82, 2.24) is 15.0 Å². The van der Waals surface area contributed by atoms with Crippen molar-refractivity contribution < 1.29 is 9.47 Å². The lowest BCUT2D eigenvalue weighted by molar-refractivity contribution is 0.250. The van der Waals surface area contributed by atoms with Crippen LogP contribution in [0.4, 0.5) is 0 Å². The first-order chi connectivity index (χ1) is 16.3. The lowest BCUT2D eigenvalue weighted by atomic mass is 10.1. The molecular weight excluding hydrogens is 414 g/mol. The molecule has 0 fully saturated rings. The number of hydrogen-bond acceptors (Lipinski definition) is 5. The zero-order valence-electron chi connectivity index (χ0n) is 21.7. The molecule has 0 radical (unpaired) electrons. The molecule has 0 saturated carbocycles. The van der Waals surface area contributed by atoms with E-state index in [9.17, 15) is 4.79 Å². The van der Waals surface area contributed by atoms with Gasteiger partial charge in [-0.1, -0.05) is 129 Å². The molecule has 1 heterocycles. The number of H-pyrrole nitrogens is 1.